The number of hydrogen-bond donors (Lipinski definition) is 0. The smallest absolute Gasteiger partial charge is 0.432 e. The normalized spacial score (nSPS) is 18.3. The predicted octanol–water partition coefficient (Wildman–Crippen LogP) is 8.84. The van der Waals surface area contributed by atoms with E-state index in [0.29, 0.717) is 17.4 Å². The van der Waals surface area contributed by atoms with Gasteiger partial charge in [0.25, 0.3) is 0 Å². The van der Waals surface area contributed by atoms with E-state index in [1.165, 1.54) is 5.92 Å². The maximum Gasteiger partial charge on any atom is 0.458 e. The topological polar surface area (TPSA) is 9.23 Å². The van der Waals surface area contributed by atoms with Crippen LogP contribution in [0.1, 0.15) is 74.5 Å². The molecule has 10 heteroatoms. The van der Waals surface area contributed by atoms with Crippen molar-refractivity contribution in [2.75, 3.05) is 0 Å². The molecule has 37 heavy (non-hydrogen) atoms. The fourth-order valence-electron chi connectivity index (χ4n) is 4.65. The van der Waals surface area contributed by atoms with Crippen LogP contribution in [-0.4, -0.2) is 12.3 Å². The van der Waals surface area contributed by atoms with E-state index in [0.717, 1.165) is 50.7 Å². The quantitative estimate of drug-likeness (QED) is 0.242. The third-order valence-electron chi connectivity index (χ3n) is 6.46. The SMILES string of the molecule is CCCC1CCC(c2cc(F)c(CCC(F)(F)Oc3cc(F)c(C#CC(F)(F)F)c(F)c3)c(F)c2)CC1. The van der Waals surface area contributed by atoms with Crippen LogP contribution in [0.4, 0.5) is 39.5 Å². The van der Waals surface area contributed by atoms with Gasteiger partial charge >= 0.3 is 12.3 Å². The molecule has 0 heterocycles. The van der Waals surface area contributed by atoms with Crippen LogP contribution in [0.15, 0.2) is 24.3 Å². The lowest BCUT2D eigenvalue weighted by molar-refractivity contribution is -0.180. The van der Waals surface area contributed by atoms with Gasteiger partial charge in [-0.3, -0.25) is 0 Å². The fourth-order valence-corrected chi connectivity index (χ4v) is 4.65. The molecule has 0 radical (unpaired) electrons. The second-order valence-corrected chi connectivity index (χ2v) is 9.22. The molecule has 0 N–H and O–H groups in total. The molecule has 2 aromatic rings. The molecule has 1 nitrogen and oxygen atoms in total. The molecule has 1 aliphatic carbocycles. The molecular formula is C27H25F9O. The molecule has 202 valence electrons. The lowest BCUT2D eigenvalue weighted by Gasteiger charge is -2.29. The van der Waals surface area contributed by atoms with Gasteiger partial charge in [-0.1, -0.05) is 25.7 Å². The molecule has 0 amide bonds. The minimum Gasteiger partial charge on any atom is -0.432 e. The molecule has 0 aliphatic heterocycles. The summed E-state index contributed by atoms with van der Waals surface area (Å²) < 4.78 is 127. The van der Waals surface area contributed by atoms with Crippen LogP contribution in [-0.2, 0) is 6.42 Å². The second-order valence-electron chi connectivity index (χ2n) is 9.22. The Balaban J connectivity index is 1.66. The number of ether oxygens (including phenoxy) is 1. The zero-order valence-electron chi connectivity index (χ0n) is 19.9. The van der Waals surface area contributed by atoms with Crippen LogP contribution < -0.4 is 4.74 Å². The first-order chi connectivity index (χ1) is 17.3. The van der Waals surface area contributed by atoms with E-state index in [9.17, 15) is 39.5 Å². The summed E-state index contributed by atoms with van der Waals surface area (Å²) in [6.07, 6.45) is -5.40. The Bertz CT molecular complexity index is 1110. The maximum absolute atomic E-state index is 14.7. The van der Waals surface area contributed by atoms with Gasteiger partial charge in [0.1, 0.15) is 29.0 Å². The van der Waals surface area contributed by atoms with Crippen molar-refractivity contribution < 1.29 is 44.3 Å². The molecule has 1 aliphatic rings. The summed E-state index contributed by atoms with van der Waals surface area (Å²) in [5.41, 5.74) is -1.35. The van der Waals surface area contributed by atoms with Gasteiger partial charge in [0.05, 0.1) is 12.0 Å². The van der Waals surface area contributed by atoms with Crippen LogP contribution in [0, 0.1) is 41.0 Å². The fraction of sp³-hybridized carbons (Fsp3) is 0.481. The standard InChI is InChI=1S/C27H25F9O/c1-2-3-16-4-6-17(7-5-16)18-12-22(28)21(23(29)13-18)9-11-27(35,36)37-19-14-24(30)20(25(31)15-19)8-10-26(32,33)34/h12-17H,2-7,9,11H2,1H3. The highest BCUT2D eigenvalue weighted by Crippen LogP contribution is 2.38. The Morgan fingerprint density at radius 1 is 0.838 bits per heavy atom. The lowest BCUT2D eigenvalue weighted by atomic mass is 9.77. The first kappa shape index (κ1) is 28.7. The van der Waals surface area contributed by atoms with Crippen LogP contribution in [0.2, 0.25) is 0 Å². The number of hydrogen-bond acceptors (Lipinski definition) is 1. The minimum atomic E-state index is -5.02. The Labute approximate surface area is 209 Å². The van der Waals surface area contributed by atoms with Crippen molar-refractivity contribution >= 4 is 0 Å². The molecule has 0 saturated heterocycles. The van der Waals surface area contributed by atoms with Gasteiger partial charge < -0.3 is 4.74 Å². The molecule has 0 bridgehead atoms. The van der Waals surface area contributed by atoms with Crippen LogP contribution in [0.3, 0.4) is 0 Å². The van der Waals surface area contributed by atoms with Crippen LogP contribution in [0.5, 0.6) is 5.75 Å². The zero-order valence-corrected chi connectivity index (χ0v) is 19.9. The average Bonchev–Trinajstić information content (AvgIpc) is 2.77. The second kappa shape index (κ2) is 11.7. The van der Waals surface area contributed by atoms with E-state index < -0.39 is 65.3 Å². The first-order valence-electron chi connectivity index (χ1n) is 11.9. The zero-order chi connectivity index (χ0) is 27.4. The molecule has 3 rings (SSSR count). The number of rotatable bonds is 8. The van der Waals surface area contributed by atoms with Gasteiger partial charge in [0.15, 0.2) is 0 Å². The van der Waals surface area contributed by atoms with Gasteiger partial charge in [-0.15, -0.1) is 0 Å². The van der Waals surface area contributed by atoms with E-state index in [1.54, 1.807) is 0 Å². The first-order valence-corrected chi connectivity index (χ1v) is 11.9. The summed E-state index contributed by atoms with van der Waals surface area (Å²) in [5.74, 6) is -3.71. The van der Waals surface area contributed by atoms with E-state index in [-0.39, 0.29) is 18.1 Å². The Hall–Kier alpha value is -2.83. The Kier molecular flexibility index (Phi) is 9.09. The van der Waals surface area contributed by atoms with Crippen LogP contribution >= 0.6 is 0 Å². The molecule has 1 fully saturated rings. The highest BCUT2D eigenvalue weighted by atomic mass is 19.4. The molecular weight excluding hydrogens is 511 g/mol. The lowest BCUT2D eigenvalue weighted by Crippen LogP contribution is -2.26. The summed E-state index contributed by atoms with van der Waals surface area (Å²) in [5, 5.41) is 0. The van der Waals surface area contributed by atoms with Gasteiger partial charge in [0, 0.05) is 23.6 Å². The van der Waals surface area contributed by atoms with Gasteiger partial charge in [0.2, 0.25) is 0 Å². The molecule has 0 unspecified atom stereocenters. The summed E-state index contributed by atoms with van der Waals surface area (Å²) in [6.45, 7) is 2.11. The molecule has 1 saturated carbocycles. The van der Waals surface area contributed by atoms with Gasteiger partial charge in [-0.05, 0) is 61.6 Å². The predicted molar refractivity (Wildman–Crippen MR) is 119 cm³/mol. The van der Waals surface area contributed by atoms with Gasteiger partial charge in [-0.2, -0.15) is 22.0 Å². The van der Waals surface area contributed by atoms with Gasteiger partial charge in [-0.25, -0.2) is 17.6 Å². The van der Waals surface area contributed by atoms with E-state index >= 15 is 0 Å². The van der Waals surface area contributed by atoms with E-state index in [2.05, 4.69) is 11.7 Å². The van der Waals surface area contributed by atoms with Crippen molar-refractivity contribution in [3.63, 3.8) is 0 Å². The number of benzene rings is 2. The third kappa shape index (κ3) is 8.08. The van der Waals surface area contributed by atoms with Crippen molar-refractivity contribution in [1.29, 1.82) is 0 Å². The summed E-state index contributed by atoms with van der Waals surface area (Å²) >= 11 is 0. The molecule has 0 aromatic heterocycles. The van der Waals surface area contributed by atoms with Crippen molar-refractivity contribution in [3.8, 4) is 17.6 Å². The number of alkyl halides is 5. The largest absolute Gasteiger partial charge is 0.458 e. The molecule has 2 aromatic carbocycles. The van der Waals surface area contributed by atoms with E-state index in [4.69, 9.17) is 0 Å². The van der Waals surface area contributed by atoms with Crippen molar-refractivity contribution in [3.05, 3.63) is 64.2 Å². The summed E-state index contributed by atoms with van der Waals surface area (Å²) in [4.78, 5) is 0. The highest BCUT2D eigenvalue weighted by molar-refractivity contribution is 5.42. The monoisotopic (exact) mass is 536 g/mol. The molecule has 0 spiro atoms. The Morgan fingerprint density at radius 2 is 1.41 bits per heavy atom. The van der Waals surface area contributed by atoms with Crippen molar-refractivity contribution in [1.82, 2.24) is 0 Å². The summed E-state index contributed by atoms with van der Waals surface area (Å²) in [7, 11) is 0. The van der Waals surface area contributed by atoms with Crippen molar-refractivity contribution in [2.24, 2.45) is 5.92 Å². The van der Waals surface area contributed by atoms with Crippen LogP contribution in [0.25, 0.3) is 0 Å². The van der Waals surface area contributed by atoms with E-state index in [1.807, 2.05) is 0 Å². The maximum atomic E-state index is 14.7. The third-order valence-corrected chi connectivity index (χ3v) is 6.46. The number of halogens is 9. The minimum absolute atomic E-state index is 0.00971. The average molecular weight is 536 g/mol. The molecule has 0 atom stereocenters. The Morgan fingerprint density at radius 3 is 1.92 bits per heavy atom. The summed E-state index contributed by atoms with van der Waals surface area (Å²) in [6, 6.07) is 2.83. The highest BCUT2D eigenvalue weighted by Gasteiger charge is 2.33. The van der Waals surface area contributed by atoms with Crippen molar-refractivity contribution in [2.45, 2.75) is 76.5 Å².